The number of carbonyl (C=O) groups excluding carboxylic acids is 2. The number of primary amides is 1. The fourth-order valence-corrected chi connectivity index (χ4v) is 2.93. The summed E-state index contributed by atoms with van der Waals surface area (Å²) in [4.78, 5) is 35.9. The minimum Gasteiger partial charge on any atom is -0.493 e. The van der Waals surface area contributed by atoms with Crippen molar-refractivity contribution in [2.24, 2.45) is 5.73 Å². The maximum atomic E-state index is 12.4. The average molecular weight is 377 g/mol. The van der Waals surface area contributed by atoms with Gasteiger partial charge in [-0.1, -0.05) is 6.07 Å². The second kappa shape index (κ2) is 8.93. The Morgan fingerprint density at radius 3 is 2.44 bits per heavy atom. The van der Waals surface area contributed by atoms with E-state index in [2.05, 4.69) is 10.2 Å². The van der Waals surface area contributed by atoms with Crippen molar-refractivity contribution in [2.75, 3.05) is 20.8 Å². The van der Waals surface area contributed by atoms with Crippen LogP contribution in [0.4, 0.5) is 0 Å². The first-order valence-electron chi connectivity index (χ1n) is 8.36. The molecule has 0 aliphatic rings. The molecule has 1 heterocycles. The smallest absolute Gasteiger partial charge is 0.311 e. The molecule has 0 aliphatic heterocycles. The summed E-state index contributed by atoms with van der Waals surface area (Å²) in [5.41, 5.74) is 6.20. The molecule has 1 atom stereocenters. The van der Waals surface area contributed by atoms with Gasteiger partial charge in [0.2, 0.25) is 5.91 Å². The van der Waals surface area contributed by atoms with Gasteiger partial charge in [-0.15, -0.1) is 0 Å². The molecule has 1 aromatic carbocycles. The van der Waals surface area contributed by atoms with E-state index < -0.39 is 23.4 Å². The van der Waals surface area contributed by atoms with Gasteiger partial charge in [0.25, 0.3) is 5.56 Å². The van der Waals surface area contributed by atoms with Crippen LogP contribution in [0.25, 0.3) is 0 Å². The minimum atomic E-state index is -0.665. The monoisotopic (exact) mass is 377 g/mol. The highest BCUT2D eigenvalue weighted by atomic mass is 16.5. The van der Waals surface area contributed by atoms with Gasteiger partial charge >= 0.3 is 5.97 Å². The van der Waals surface area contributed by atoms with E-state index in [4.69, 9.17) is 19.9 Å². The predicted molar refractivity (Wildman–Crippen MR) is 97.0 cm³/mol. The summed E-state index contributed by atoms with van der Waals surface area (Å²) in [5, 5.41) is 5.15. The maximum Gasteiger partial charge on any atom is 0.311 e. The Morgan fingerprint density at radius 2 is 1.85 bits per heavy atom. The van der Waals surface area contributed by atoms with E-state index in [1.54, 1.807) is 25.1 Å². The third-order valence-corrected chi connectivity index (χ3v) is 4.09. The van der Waals surface area contributed by atoms with Gasteiger partial charge in [-0.05, 0) is 24.6 Å². The molecule has 0 fully saturated rings. The van der Waals surface area contributed by atoms with Gasteiger partial charge in [0.1, 0.15) is 0 Å². The van der Waals surface area contributed by atoms with Gasteiger partial charge in [-0.2, -0.15) is 0 Å². The second-order valence-electron chi connectivity index (χ2n) is 5.79. The molecule has 27 heavy (non-hydrogen) atoms. The number of nitrogens with one attached hydrogen (secondary N) is 2. The summed E-state index contributed by atoms with van der Waals surface area (Å²) in [6.07, 6.45) is -0.253. The van der Waals surface area contributed by atoms with Crippen LogP contribution in [0.3, 0.4) is 0 Å². The fraction of sp³-hybridized carbons (Fsp3) is 0.389. The van der Waals surface area contributed by atoms with Crippen molar-refractivity contribution in [3.8, 4) is 11.5 Å². The van der Waals surface area contributed by atoms with E-state index in [0.29, 0.717) is 22.8 Å². The zero-order valence-corrected chi connectivity index (χ0v) is 15.5. The molecule has 4 N–H and O–H groups in total. The number of H-pyrrole nitrogens is 2. The van der Waals surface area contributed by atoms with Crippen LogP contribution in [-0.2, 0) is 20.7 Å². The molecule has 1 aromatic heterocycles. The SMILES string of the molecule is CCOC(=O)Cc1[nH][nH]c(=O)c1[C@@H](CC(N)=O)c1ccc(OC)c(OC)c1. The third-order valence-electron chi connectivity index (χ3n) is 4.09. The molecule has 0 radical (unpaired) electrons. The lowest BCUT2D eigenvalue weighted by Crippen LogP contribution is -2.22. The van der Waals surface area contributed by atoms with Crippen LogP contribution < -0.4 is 20.8 Å². The highest BCUT2D eigenvalue weighted by molar-refractivity contribution is 5.76. The number of hydrogen-bond acceptors (Lipinski definition) is 6. The van der Waals surface area contributed by atoms with Crippen molar-refractivity contribution in [3.63, 3.8) is 0 Å². The Balaban J connectivity index is 2.52. The third kappa shape index (κ3) is 4.69. The van der Waals surface area contributed by atoms with Crippen LogP contribution >= 0.6 is 0 Å². The van der Waals surface area contributed by atoms with E-state index in [0.717, 1.165) is 0 Å². The molecule has 9 nitrogen and oxygen atoms in total. The number of hydrogen-bond donors (Lipinski definition) is 3. The molecule has 0 saturated carbocycles. The first-order chi connectivity index (χ1) is 12.9. The van der Waals surface area contributed by atoms with E-state index >= 15 is 0 Å². The largest absolute Gasteiger partial charge is 0.493 e. The number of benzene rings is 1. The molecule has 1 amide bonds. The summed E-state index contributed by atoms with van der Waals surface area (Å²) in [5.74, 6) is -0.782. The molecule has 146 valence electrons. The number of aromatic nitrogens is 2. The van der Waals surface area contributed by atoms with Gasteiger partial charge < -0.3 is 25.0 Å². The Kier molecular flexibility index (Phi) is 6.64. The topological polar surface area (TPSA) is 136 Å². The van der Waals surface area contributed by atoms with Gasteiger partial charge in [0.05, 0.1) is 32.9 Å². The Morgan fingerprint density at radius 1 is 1.15 bits per heavy atom. The normalized spacial score (nSPS) is 11.7. The molecular formula is C18H23N3O6. The molecule has 9 heteroatoms. The van der Waals surface area contributed by atoms with Crippen LogP contribution in [0.15, 0.2) is 23.0 Å². The fourth-order valence-electron chi connectivity index (χ4n) is 2.93. The van der Waals surface area contributed by atoms with E-state index in [1.807, 2.05) is 0 Å². The zero-order valence-electron chi connectivity index (χ0n) is 15.5. The van der Waals surface area contributed by atoms with E-state index in [-0.39, 0.29) is 25.0 Å². The first-order valence-corrected chi connectivity index (χ1v) is 8.36. The number of methoxy groups -OCH3 is 2. The van der Waals surface area contributed by atoms with Gasteiger partial charge in [-0.3, -0.25) is 19.5 Å². The number of amides is 1. The number of nitrogens with two attached hydrogens (primary N) is 1. The van der Waals surface area contributed by atoms with Crippen molar-refractivity contribution in [1.82, 2.24) is 10.2 Å². The standard InChI is InChI=1S/C18H23N3O6/c1-4-27-16(23)9-12-17(18(24)21-20-12)11(8-15(19)22)10-5-6-13(25-2)14(7-10)26-3/h5-7,11H,4,8-9H2,1-3H3,(H2,19,22)(H2,20,21,24)/t11-/m0/s1. The number of carbonyl (C=O) groups is 2. The predicted octanol–water partition coefficient (Wildman–Crippen LogP) is 0.833. The summed E-state index contributed by atoms with van der Waals surface area (Å²) < 4.78 is 15.5. The lowest BCUT2D eigenvalue weighted by Gasteiger charge is -2.17. The molecule has 2 rings (SSSR count). The van der Waals surface area contributed by atoms with Crippen LogP contribution in [0.1, 0.15) is 36.1 Å². The van der Waals surface area contributed by atoms with Crippen LogP contribution in [-0.4, -0.2) is 42.9 Å². The quantitative estimate of drug-likeness (QED) is 0.554. The van der Waals surface area contributed by atoms with Crippen LogP contribution in [0, 0.1) is 0 Å². The summed E-state index contributed by atoms with van der Waals surface area (Å²) in [7, 11) is 2.99. The Hall–Kier alpha value is -3.23. The molecule has 2 aromatic rings. The molecule has 0 bridgehead atoms. The molecule has 0 aliphatic carbocycles. The van der Waals surface area contributed by atoms with Crippen LogP contribution in [0.5, 0.6) is 11.5 Å². The number of ether oxygens (including phenoxy) is 3. The molecule has 0 spiro atoms. The van der Waals surface area contributed by atoms with E-state index in [1.165, 1.54) is 14.2 Å². The number of aromatic amines is 2. The molecule has 0 saturated heterocycles. The van der Waals surface area contributed by atoms with Gasteiger partial charge in [-0.25, -0.2) is 0 Å². The summed E-state index contributed by atoms with van der Waals surface area (Å²) in [6, 6.07) is 5.07. The van der Waals surface area contributed by atoms with Crippen molar-refractivity contribution in [3.05, 3.63) is 45.4 Å². The van der Waals surface area contributed by atoms with Gasteiger partial charge in [0.15, 0.2) is 11.5 Å². The lowest BCUT2D eigenvalue weighted by atomic mass is 9.87. The van der Waals surface area contributed by atoms with Gasteiger partial charge in [0, 0.05) is 17.9 Å². The van der Waals surface area contributed by atoms with E-state index in [9.17, 15) is 14.4 Å². The zero-order chi connectivity index (χ0) is 20.0. The minimum absolute atomic E-state index is 0.119. The van der Waals surface area contributed by atoms with Crippen LogP contribution in [0.2, 0.25) is 0 Å². The Labute approximate surface area is 155 Å². The average Bonchev–Trinajstić information content (AvgIpc) is 2.99. The van der Waals surface area contributed by atoms with Crippen molar-refractivity contribution < 1.29 is 23.8 Å². The molecular weight excluding hydrogens is 354 g/mol. The maximum absolute atomic E-state index is 12.4. The van der Waals surface area contributed by atoms with Crippen molar-refractivity contribution in [2.45, 2.75) is 25.7 Å². The lowest BCUT2D eigenvalue weighted by molar-refractivity contribution is -0.142. The molecule has 0 unspecified atom stereocenters. The summed E-state index contributed by atoms with van der Waals surface area (Å²) >= 11 is 0. The highest BCUT2D eigenvalue weighted by Crippen LogP contribution is 2.34. The van der Waals surface area contributed by atoms with Crippen molar-refractivity contribution >= 4 is 11.9 Å². The second-order valence-corrected chi connectivity index (χ2v) is 5.79. The first kappa shape index (κ1) is 20.1. The number of esters is 1. The highest BCUT2D eigenvalue weighted by Gasteiger charge is 2.26. The summed E-state index contributed by atoms with van der Waals surface area (Å²) in [6.45, 7) is 1.92. The van der Waals surface area contributed by atoms with Crippen molar-refractivity contribution in [1.29, 1.82) is 0 Å². The number of rotatable bonds is 9. The Bertz CT molecular complexity index is 870.